The number of nitrogens with zero attached hydrogens (tertiary/aromatic N) is 3. The molecule has 4 aliphatic carbocycles. The number of hydrogen-bond acceptors (Lipinski definition) is 8. The Morgan fingerprint density at radius 2 is 1.65 bits per heavy atom. The molecule has 0 radical (unpaired) electrons. The largest absolute Gasteiger partial charge is 0.478 e. The van der Waals surface area contributed by atoms with Gasteiger partial charge in [0.2, 0.25) is 0 Å². The summed E-state index contributed by atoms with van der Waals surface area (Å²) >= 11 is 0. The minimum absolute atomic E-state index is 0.0144. The van der Waals surface area contributed by atoms with Gasteiger partial charge in [0.05, 0.1) is 36.8 Å². The van der Waals surface area contributed by atoms with E-state index in [4.69, 9.17) is 9.73 Å². The highest BCUT2D eigenvalue weighted by Gasteiger charge is 2.70. The molecule has 10 heteroatoms. The molecule has 0 aromatic heterocycles. The van der Waals surface area contributed by atoms with Crippen LogP contribution in [0.15, 0.2) is 35.3 Å². The summed E-state index contributed by atoms with van der Waals surface area (Å²) in [7, 11) is -2.90. The maximum absolute atomic E-state index is 12.2. The zero-order valence-electron chi connectivity index (χ0n) is 34.5. The van der Waals surface area contributed by atoms with Gasteiger partial charge in [-0.1, -0.05) is 52.8 Å². The standard InChI is InChI=1S/C45H68N4O5S/c1-31(49-21-25-54-26-22-49)34-29-46-30-45(47-19-20-48-23-27-55(52,53)28-24-48)18-17-43(5)36(39(34)45)11-12-38-42(4)15-13-35(32-7-9-33(10-8-32)40(50)51)41(2,3)37(42)14-16-44(38,43)6/h7-10,13,29,31,34,36-39,47H,11-12,14-28,30H2,1-6H3,(H,50,51). The third-order valence-corrected chi connectivity index (χ3v) is 19.3. The summed E-state index contributed by atoms with van der Waals surface area (Å²) in [5, 5.41) is 13.8. The van der Waals surface area contributed by atoms with Gasteiger partial charge in [0.15, 0.2) is 9.84 Å². The number of benzene rings is 1. The summed E-state index contributed by atoms with van der Waals surface area (Å²) in [5.41, 5.74) is 3.44. The van der Waals surface area contributed by atoms with E-state index in [0.29, 0.717) is 54.3 Å². The maximum Gasteiger partial charge on any atom is 0.335 e. The lowest BCUT2D eigenvalue weighted by molar-refractivity contribution is -0.224. The number of sulfone groups is 1. The molecule has 5 fully saturated rings. The third kappa shape index (κ3) is 6.51. The highest BCUT2D eigenvalue weighted by molar-refractivity contribution is 7.91. The van der Waals surface area contributed by atoms with E-state index in [1.807, 2.05) is 12.1 Å². The number of carboxylic acid groups (broad SMARTS) is 1. The van der Waals surface area contributed by atoms with Gasteiger partial charge < -0.3 is 20.1 Å². The molecule has 3 saturated carbocycles. The number of nitrogens with one attached hydrogen (secondary N) is 1. The molecule has 10 atom stereocenters. The number of carbonyl (C=O) groups is 1. The molecule has 304 valence electrons. The van der Waals surface area contributed by atoms with Crippen LogP contribution in [0.4, 0.5) is 0 Å². The zero-order chi connectivity index (χ0) is 39.0. The van der Waals surface area contributed by atoms with Crippen molar-refractivity contribution in [2.45, 2.75) is 98.1 Å². The average molecular weight is 777 g/mol. The van der Waals surface area contributed by atoms with Crippen molar-refractivity contribution < 1.29 is 23.1 Å². The Morgan fingerprint density at radius 3 is 2.35 bits per heavy atom. The first kappa shape index (κ1) is 39.7. The van der Waals surface area contributed by atoms with Crippen LogP contribution in [0.3, 0.4) is 0 Å². The lowest BCUT2D eigenvalue weighted by Gasteiger charge is -2.73. The number of rotatable bonds is 8. The number of fused-ring (bicyclic) bond motifs is 7. The van der Waals surface area contributed by atoms with Crippen molar-refractivity contribution in [3.05, 3.63) is 41.5 Å². The van der Waals surface area contributed by atoms with Crippen molar-refractivity contribution in [3.63, 3.8) is 0 Å². The van der Waals surface area contributed by atoms with Crippen LogP contribution in [0, 0.1) is 51.2 Å². The van der Waals surface area contributed by atoms with Gasteiger partial charge >= 0.3 is 5.97 Å². The summed E-state index contributed by atoms with van der Waals surface area (Å²) in [6, 6.07) is 7.98. The van der Waals surface area contributed by atoms with E-state index >= 15 is 0 Å². The number of ether oxygens (including phenoxy) is 1. The van der Waals surface area contributed by atoms with E-state index < -0.39 is 15.8 Å². The van der Waals surface area contributed by atoms with Gasteiger partial charge in [0.25, 0.3) is 0 Å². The van der Waals surface area contributed by atoms with Gasteiger partial charge in [-0.05, 0) is 120 Å². The van der Waals surface area contributed by atoms with Crippen LogP contribution in [-0.2, 0) is 14.6 Å². The average Bonchev–Trinajstić information content (AvgIpc) is 3.15. The lowest BCUT2D eigenvalue weighted by Crippen LogP contribution is -2.72. The summed E-state index contributed by atoms with van der Waals surface area (Å²) in [4.78, 5) is 21.9. The van der Waals surface area contributed by atoms with Crippen molar-refractivity contribution in [2.24, 2.45) is 56.2 Å². The van der Waals surface area contributed by atoms with Crippen molar-refractivity contribution in [3.8, 4) is 0 Å². The highest BCUT2D eigenvalue weighted by atomic mass is 32.2. The van der Waals surface area contributed by atoms with Crippen molar-refractivity contribution >= 4 is 27.6 Å². The van der Waals surface area contributed by atoms with Gasteiger partial charge in [-0.15, -0.1) is 0 Å². The quantitative estimate of drug-likeness (QED) is 0.306. The van der Waals surface area contributed by atoms with E-state index in [1.54, 1.807) is 12.1 Å². The van der Waals surface area contributed by atoms with E-state index in [0.717, 1.165) is 58.8 Å². The van der Waals surface area contributed by atoms with Crippen LogP contribution in [0.5, 0.6) is 0 Å². The molecular weight excluding hydrogens is 709 g/mol. The molecule has 0 bridgehead atoms. The van der Waals surface area contributed by atoms with E-state index in [1.165, 1.54) is 43.2 Å². The molecule has 0 amide bonds. The number of aliphatic imine (C=N–C) groups is 1. The van der Waals surface area contributed by atoms with Crippen molar-refractivity contribution in [1.29, 1.82) is 0 Å². The summed E-state index contributed by atoms with van der Waals surface area (Å²) in [5.74, 6) is 2.30. The molecule has 3 heterocycles. The molecule has 2 saturated heterocycles. The van der Waals surface area contributed by atoms with Crippen LogP contribution < -0.4 is 5.32 Å². The predicted octanol–water partition coefficient (Wildman–Crippen LogP) is 6.54. The molecule has 0 spiro atoms. The summed E-state index contributed by atoms with van der Waals surface area (Å²) < 4.78 is 30.2. The zero-order valence-corrected chi connectivity index (χ0v) is 35.3. The van der Waals surface area contributed by atoms with Crippen LogP contribution in [0.2, 0.25) is 0 Å². The van der Waals surface area contributed by atoms with Gasteiger partial charge in [-0.25, -0.2) is 13.2 Å². The van der Waals surface area contributed by atoms with Gasteiger partial charge in [-0.2, -0.15) is 0 Å². The number of allylic oxidation sites excluding steroid dienone is 2. The van der Waals surface area contributed by atoms with Crippen molar-refractivity contribution in [1.82, 2.24) is 15.1 Å². The van der Waals surface area contributed by atoms with Gasteiger partial charge in [0, 0.05) is 63.0 Å². The molecule has 1 aromatic rings. The van der Waals surface area contributed by atoms with E-state index in [2.05, 4.69) is 68.9 Å². The Bertz CT molecular complexity index is 1780. The minimum atomic E-state index is -2.90. The molecule has 8 rings (SSSR count). The van der Waals surface area contributed by atoms with Crippen LogP contribution in [0.1, 0.15) is 102 Å². The maximum atomic E-state index is 12.2. The normalized spacial score (nSPS) is 41.9. The summed E-state index contributed by atoms with van der Waals surface area (Å²) in [6.07, 6.45) is 13.3. The highest BCUT2D eigenvalue weighted by Crippen LogP contribution is 2.76. The fourth-order valence-electron chi connectivity index (χ4n) is 14.5. The first-order valence-corrected chi connectivity index (χ1v) is 23.4. The SMILES string of the molecule is CC(C1C=NCC2(NCCN3CCS(=O)(=O)CC3)CCC3(C)C(CCC4C5(C)CC=C(c6ccc(C(=O)O)cc6)C(C)(C)C5CCC43C)C12)N1CCOCC1. The second-order valence-electron chi connectivity index (χ2n) is 20.2. The molecule has 10 unspecified atom stereocenters. The summed E-state index contributed by atoms with van der Waals surface area (Å²) in [6.45, 7) is 22.9. The van der Waals surface area contributed by atoms with E-state index in [9.17, 15) is 18.3 Å². The Morgan fingerprint density at radius 1 is 0.945 bits per heavy atom. The molecule has 3 aliphatic heterocycles. The Hall–Kier alpha value is -2.11. The second-order valence-corrected chi connectivity index (χ2v) is 22.5. The number of carboxylic acids is 1. The molecule has 1 aromatic carbocycles. The molecule has 55 heavy (non-hydrogen) atoms. The molecular formula is C45H68N4O5S. The monoisotopic (exact) mass is 776 g/mol. The smallest absolute Gasteiger partial charge is 0.335 e. The molecule has 2 N–H and O–H groups in total. The fraction of sp³-hybridized carbons (Fsp3) is 0.778. The van der Waals surface area contributed by atoms with Gasteiger partial charge in [-0.3, -0.25) is 9.89 Å². The van der Waals surface area contributed by atoms with Crippen LogP contribution in [-0.4, -0.2) is 118 Å². The predicted molar refractivity (Wildman–Crippen MR) is 220 cm³/mol. The first-order chi connectivity index (χ1) is 26.0. The number of aromatic carboxylic acids is 1. The molecule has 7 aliphatic rings. The Labute approximate surface area is 331 Å². The lowest BCUT2D eigenvalue weighted by atomic mass is 9.32. The number of morpholine rings is 1. The topological polar surface area (TPSA) is 112 Å². The van der Waals surface area contributed by atoms with E-state index in [-0.39, 0.29) is 38.7 Å². The number of hydrogen-bond donors (Lipinski definition) is 2. The third-order valence-electron chi connectivity index (χ3n) is 17.7. The molecule has 9 nitrogen and oxygen atoms in total. The Kier molecular flexibility index (Phi) is 10.3. The Balaban J connectivity index is 1.09. The minimum Gasteiger partial charge on any atom is -0.478 e. The fourth-order valence-corrected chi connectivity index (χ4v) is 15.8. The van der Waals surface area contributed by atoms with Gasteiger partial charge in [0.1, 0.15) is 0 Å². The van der Waals surface area contributed by atoms with Crippen LogP contribution in [0.25, 0.3) is 5.57 Å². The van der Waals surface area contributed by atoms with Crippen molar-refractivity contribution in [2.75, 3.05) is 70.5 Å². The first-order valence-electron chi connectivity index (χ1n) is 21.6. The second kappa shape index (κ2) is 14.3. The van der Waals surface area contributed by atoms with Crippen LogP contribution >= 0.6 is 0 Å².